The summed E-state index contributed by atoms with van der Waals surface area (Å²) in [5, 5.41) is 0. The highest BCUT2D eigenvalue weighted by molar-refractivity contribution is 7.89. The normalized spacial score (nSPS) is 12.3. The average Bonchev–Trinajstić information content (AvgIpc) is 2.60. The van der Waals surface area contributed by atoms with Crippen LogP contribution in [0.5, 0.6) is 0 Å². The summed E-state index contributed by atoms with van der Waals surface area (Å²) in [6.07, 6.45) is 0. The van der Waals surface area contributed by atoms with Crippen LogP contribution >= 0.6 is 0 Å². The lowest BCUT2D eigenvalue weighted by molar-refractivity contribution is -0.123. The van der Waals surface area contributed by atoms with E-state index in [1.807, 2.05) is 6.92 Å². The van der Waals surface area contributed by atoms with E-state index in [0.29, 0.717) is 5.56 Å². The third-order valence-electron chi connectivity index (χ3n) is 3.46. The van der Waals surface area contributed by atoms with Crippen LogP contribution < -0.4 is 15.6 Å². The maximum absolute atomic E-state index is 12.9. The molecule has 0 aliphatic carbocycles. The molecule has 0 unspecified atom stereocenters. The Morgan fingerprint density at radius 1 is 0.962 bits per heavy atom. The first-order chi connectivity index (χ1) is 12.2. The molecule has 0 saturated carbocycles. The van der Waals surface area contributed by atoms with Crippen molar-refractivity contribution in [3.05, 3.63) is 65.5 Å². The van der Waals surface area contributed by atoms with Crippen molar-refractivity contribution >= 4 is 21.8 Å². The van der Waals surface area contributed by atoms with Crippen molar-refractivity contribution in [2.75, 3.05) is 0 Å². The second-order valence-corrected chi connectivity index (χ2v) is 7.32. The molecule has 1 atom stereocenters. The summed E-state index contributed by atoms with van der Waals surface area (Å²) < 4.78 is 39.3. The Labute approximate surface area is 150 Å². The third-order valence-corrected chi connectivity index (χ3v) is 5.02. The molecule has 0 heterocycles. The van der Waals surface area contributed by atoms with Gasteiger partial charge in [0, 0.05) is 5.56 Å². The second kappa shape index (κ2) is 8.07. The minimum absolute atomic E-state index is 0.178. The van der Waals surface area contributed by atoms with E-state index in [4.69, 9.17) is 0 Å². The topological polar surface area (TPSA) is 104 Å². The van der Waals surface area contributed by atoms with Crippen molar-refractivity contribution < 1.29 is 22.4 Å². The van der Waals surface area contributed by atoms with Crippen molar-refractivity contribution in [1.29, 1.82) is 0 Å². The number of amides is 2. The zero-order chi connectivity index (χ0) is 19.3. The molecule has 0 aliphatic heterocycles. The number of hydrazine groups is 1. The van der Waals surface area contributed by atoms with Gasteiger partial charge in [0.05, 0.1) is 10.9 Å². The van der Waals surface area contributed by atoms with Gasteiger partial charge in [-0.15, -0.1) is 0 Å². The summed E-state index contributed by atoms with van der Waals surface area (Å²) in [6.45, 7) is 3.19. The molecule has 2 aromatic rings. The molecule has 0 bridgehead atoms. The van der Waals surface area contributed by atoms with E-state index in [1.165, 1.54) is 6.92 Å². The van der Waals surface area contributed by atoms with E-state index < -0.39 is 33.7 Å². The Balaban J connectivity index is 1.93. The highest BCUT2D eigenvalue weighted by Gasteiger charge is 2.22. The van der Waals surface area contributed by atoms with Crippen LogP contribution in [-0.2, 0) is 14.8 Å². The van der Waals surface area contributed by atoms with Crippen LogP contribution in [-0.4, -0.2) is 26.3 Å². The molecule has 0 spiro atoms. The lowest BCUT2D eigenvalue weighted by Gasteiger charge is -2.15. The molecule has 2 aromatic carbocycles. The number of carbonyl (C=O) groups is 2. The van der Waals surface area contributed by atoms with Crippen LogP contribution in [0.25, 0.3) is 0 Å². The van der Waals surface area contributed by atoms with Gasteiger partial charge in [-0.25, -0.2) is 12.8 Å². The van der Waals surface area contributed by atoms with E-state index in [9.17, 15) is 22.4 Å². The fraction of sp³-hybridized carbons (Fsp3) is 0.176. The number of hydrogen-bond donors (Lipinski definition) is 3. The maximum atomic E-state index is 12.9. The first-order valence-electron chi connectivity index (χ1n) is 7.64. The van der Waals surface area contributed by atoms with Gasteiger partial charge in [-0.05, 0) is 50.2 Å². The van der Waals surface area contributed by atoms with Gasteiger partial charge in [0.15, 0.2) is 0 Å². The number of rotatable bonds is 5. The molecule has 0 fully saturated rings. The summed E-state index contributed by atoms with van der Waals surface area (Å²) in [6, 6.07) is 9.69. The number of nitrogens with one attached hydrogen (secondary N) is 3. The second-order valence-electron chi connectivity index (χ2n) is 5.61. The molecule has 0 saturated heterocycles. The third kappa shape index (κ3) is 5.11. The Hall–Kier alpha value is -2.78. The predicted molar refractivity (Wildman–Crippen MR) is 93.0 cm³/mol. The lowest BCUT2D eigenvalue weighted by atomic mass is 10.1. The number of carbonyl (C=O) groups excluding carboxylic acids is 2. The molecule has 2 rings (SSSR count). The molecular formula is C17H18FN3O4S. The van der Waals surface area contributed by atoms with Gasteiger partial charge in [0.25, 0.3) is 11.8 Å². The summed E-state index contributed by atoms with van der Waals surface area (Å²) in [4.78, 5) is 23.7. The van der Waals surface area contributed by atoms with Gasteiger partial charge in [0.1, 0.15) is 5.82 Å². The van der Waals surface area contributed by atoms with E-state index in [0.717, 1.165) is 29.8 Å². The van der Waals surface area contributed by atoms with Gasteiger partial charge in [-0.1, -0.05) is 17.7 Å². The first-order valence-corrected chi connectivity index (χ1v) is 9.12. The first kappa shape index (κ1) is 19.5. The van der Waals surface area contributed by atoms with E-state index in [1.54, 1.807) is 24.3 Å². The van der Waals surface area contributed by atoms with E-state index in [2.05, 4.69) is 15.6 Å². The lowest BCUT2D eigenvalue weighted by Crippen LogP contribution is -2.51. The molecule has 138 valence electrons. The van der Waals surface area contributed by atoms with Crippen LogP contribution in [0, 0.1) is 12.7 Å². The quantitative estimate of drug-likeness (QED) is 0.681. The van der Waals surface area contributed by atoms with Gasteiger partial charge < -0.3 is 0 Å². The SMILES string of the molecule is Cc1ccc(C(=O)NNC(=O)[C@H](C)NS(=O)(=O)c2ccc(F)cc2)cc1. The summed E-state index contributed by atoms with van der Waals surface area (Å²) in [5.74, 6) is -1.86. The predicted octanol–water partition coefficient (Wildman–Crippen LogP) is 1.26. The fourth-order valence-electron chi connectivity index (χ4n) is 1.97. The van der Waals surface area contributed by atoms with Crippen LogP contribution in [0.15, 0.2) is 53.4 Å². The highest BCUT2D eigenvalue weighted by Crippen LogP contribution is 2.10. The molecule has 0 aromatic heterocycles. The smallest absolute Gasteiger partial charge is 0.269 e. The van der Waals surface area contributed by atoms with Crippen molar-refractivity contribution in [3.63, 3.8) is 0 Å². The molecule has 26 heavy (non-hydrogen) atoms. The van der Waals surface area contributed by atoms with Crippen molar-refractivity contribution in [1.82, 2.24) is 15.6 Å². The molecule has 9 heteroatoms. The van der Waals surface area contributed by atoms with Gasteiger partial charge in [-0.2, -0.15) is 4.72 Å². The van der Waals surface area contributed by atoms with Crippen LogP contribution in [0.2, 0.25) is 0 Å². The minimum atomic E-state index is -4.01. The molecule has 7 nitrogen and oxygen atoms in total. The Bertz CT molecular complexity index is 897. The molecule has 0 aliphatic rings. The number of halogens is 1. The van der Waals surface area contributed by atoms with Gasteiger partial charge in [0.2, 0.25) is 10.0 Å². The number of hydrogen-bond acceptors (Lipinski definition) is 4. The zero-order valence-corrected chi connectivity index (χ0v) is 14.9. The highest BCUT2D eigenvalue weighted by atomic mass is 32.2. The number of aryl methyl sites for hydroxylation is 1. The largest absolute Gasteiger partial charge is 0.271 e. The van der Waals surface area contributed by atoms with Crippen molar-refractivity contribution in [2.45, 2.75) is 24.8 Å². The Kier molecular flexibility index (Phi) is 6.06. The van der Waals surface area contributed by atoms with Crippen LogP contribution in [0.1, 0.15) is 22.8 Å². The molecule has 2 amide bonds. The number of sulfonamides is 1. The summed E-state index contributed by atoms with van der Waals surface area (Å²) >= 11 is 0. The fourth-order valence-corrected chi connectivity index (χ4v) is 3.17. The average molecular weight is 379 g/mol. The molecule has 3 N–H and O–H groups in total. The van der Waals surface area contributed by atoms with Gasteiger partial charge >= 0.3 is 0 Å². The maximum Gasteiger partial charge on any atom is 0.269 e. The Morgan fingerprint density at radius 2 is 1.54 bits per heavy atom. The summed E-state index contributed by atoms with van der Waals surface area (Å²) in [5.41, 5.74) is 5.69. The number of benzene rings is 2. The monoisotopic (exact) mass is 379 g/mol. The van der Waals surface area contributed by atoms with Crippen LogP contribution in [0.4, 0.5) is 4.39 Å². The van der Waals surface area contributed by atoms with E-state index >= 15 is 0 Å². The van der Waals surface area contributed by atoms with E-state index in [-0.39, 0.29) is 4.90 Å². The standard InChI is InChI=1S/C17H18FN3O4S/c1-11-3-5-13(6-4-11)17(23)20-19-16(22)12(2)21-26(24,25)15-9-7-14(18)8-10-15/h3-10,12,21H,1-2H3,(H,19,22)(H,20,23)/t12-/m0/s1. The summed E-state index contributed by atoms with van der Waals surface area (Å²) in [7, 11) is -4.01. The molecule has 0 radical (unpaired) electrons. The Morgan fingerprint density at radius 3 is 2.12 bits per heavy atom. The zero-order valence-electron chi connectivity index (χ0n) is 14.1. The van der Waals surface area contributed by atoms with Crippen molar-refractivity contribution in [3.8, 4) is 0 Å². The minimum Gasteiger partial charge on any atom is -0.271 e. The molecular weight excluding hydrogens is 361 g/mol. The van der Waals surface area contributed by atoms with Gasteiger partial charge in [-0.3, -0.25) is 20.4 Å². The van der Waals surface area contributed by atoms with Crippen molar-refractivity contribution in [2.24, 2.45) is 0 Å². The van der Waals surface area contributed by atoms with Crippen LogP contribution in [0.3, 0.4) is 0 Å².